The van der Waals surface area contributed by atoms with Crippen molar-refractivity contribution >= 4 is 16.5 Å². The summed E-state index contributed by atoms with van der Waals surface area (Å²) in [4.78, 5) is 8.09. The Morgan fingerprint density at radius 3 is 2.63 bits per heavy atom. The fourth-order valence-corrected chi connectivity index (χ4v) is 3.00. The molecule has 0 spiro atoms. The summed E-state index contributed by atoms with van der Waals surface area (Å²) in [5, 5.41) is 4.45. The highest BCUT2D eigenvalue weighted by Crippen LogP contribution is 2.23. The second-order valence-corrected chi connectivity index (χ2v) is 6.01. The van der Waals surface area contributed by atoms with Crippen LogP contribution < -0.4 is 5.32 Å². The van der Waals surface area contributed by atoms with Crippen LogP contribution in [0, 0.1) is 6.92 Å². The van der Waals surface area contributed by atoms with Gasteiger partial charge in [-0.1, -0.05) is 30.3 Å². The number of nitrogens with one attached hydrogen (secondary N) is 1. The zero-order chi connectivity index (χ0) is 13.7. The molecule has 0 radical (unpaired) electrons. The van der Waals surface area contributed by atoms with Gasteiger partial charge in [0, 0.05) is 18.0 Å². The Kier molecular flexibility index (Phi) is 4.93. The van der Waals surface area contributed by atoms with E-state index in [1.807, 2.05) is 0 Å². The van der Waals surface area contributed by atoms with Gasteiger partial charge in [-0.2, -0.15) is 0 Å². The molecule has 0 amide bonds. The summed E-state index contributed by atoms with van der Waals surface area (Å²) in [7, 11) is 4.17. The van der Waals surface area contributed by atoms with Crippen LogP contribution in [-0.2, 0) is 13.0 Å². The highest BCUT2D eigenvalue weighted by Gasteiger charge is 2.07. The minimum absolute atomic E-state index is 0.929. The van der Waals surface area contributed by atoms with Gasteiger partial charge in [-0.25, -0.2) is 4.98 Å². The number of nitrogens with zero attached hydrogens (tertiary/aromatic N) is 2. The molecule has 19 heavy (non-hydrogen) atoms. The van der Waals surface area contributed by atoms with Crippen LogP contribution in [0.2, 0.25) is 0 Å². The summed E-state index contributed by atoms with van der Waals surface area (Å²) in [6, 6.07) is 10.5. The molecule has 2 aromatic rings. The van der Waals surface area contributed by atoms with E-state index in [9.17, 15) is 0 Å². The lowest BCUT2D eigenvalue weighted by Crippen LogP contribution is -2.10. The quantitative estimate of drug-likeness (QED) is 0.877. The van der Waals surface area contributed by atoms with Crippen LogP contribution in [0.4, 0.5) is 5.13 Å². The first-order chi connectivity index (χ1) is 9.15. The van der Waals surface area contributed by atoms with Crippen molar-refractivity contribution in [1.29, 1.82) is 0 Å². The van der Waals surface area contributed by atoms with Gasteiger partial charge in [0.15, 0.2) is 5.13 Å². The Balaban J connectivity index is 1.86. The number of aromatic nitrogens is 1. The third kappa shape index (κ3) is 4.33. The summed E-state index contributed by atoms with van der Waals surface area (Å²) in [6.07, 6.45) is 1.03. The number of rotatable bonds is 6. The monoisotopic (exact) mass is 275 g/mol. The molecule has 0 saturated heterocycles. The van der Waals surface area contributed by atoms with Gasteiger partial charge < -0.3 is 10.2 Å². The van der Waals surface area contributed by atoms with Gasteiger partial charge in [-0.3, -0.25) is 0 Å². The van der Waals surface area contributed by atoms with E-state index in [-0.39, 0.29) is 0 Å². The molecule has 0 aliphatic heterocycles. The summed E-state index contributed by atoms with van der Waals surface area (Å²) in [5.41, 5.74) is 2.50. The minimum Gasteiger partial charge on any atom is -0.361 e. The van der Waals surface area contributed by atoms with Crippen LogP contribution in [-0.4, -0.2) is 30.5 Å². The third-order valence-corrected chi connectivity index (χ3v) is 3.99. The molecular weight excluding hydrogens is 254 g/mol. The number of thiazole rings is 1. The third-order valence-electron chi connectivity index (χ3n) is 2.89. The maximum Gasteiger partial charge on any atom is 0.183 e. The van der Waals surface area contributed by atoms with Crippen molar-refractivity contribution in [2.75, 3.05) is 26.0 Å². The maximum atomic E-state index is 4.58. The molecular formula is C15H21N3S. The van der Waals surface area contributed by atoms with Gasteiger partial charge >= 0.3 is 0 Å². The van der Waals surface area contributed by atoms with E-state index in [4.69, 9.17) is 0 Å². The number of hydrogen-bond acceptors (Lipinski definition) is 4. The van der Waals surface area contributed by atoms with E-state index >= 15 is 0 Å². The van der Waals surface area contributed by atoms with Crippen molar-refractivity contribution < 1.29 is 0 Å². The first-order valence-corrected chi connectivity index (χ1v) is 7.35. The Labute approximate surface area is 119 Å². The first kappa shape index (κ1) is 14.0. The van der Waals surface area contributed by atoms with Crippen LogP contribution in [0.1, 0.15) is 16.1 Å². The van der Waals surface area contributed by atoms with Gasteiger partial charge in [0.25, 0.3) is 0 Å². The van der Waals surface area contributed by atoms with Crippen LogP contribution in [0.25, 0.3) is 0 Å². The van der Waals surface area contributed by atoms with Gasteiger partial charge in [-0.15, -0.1) is 11.3 Å². The first-order valence-electron chi connectivity index (χ1n) is 6.54. The lowest BCUT2D eigenvalue weighted by atomic mass is 10.2. The molecule has 102 valence electrons. The second-order valence-electron chi connectivity index (χ2n) is 4.93. The molecule has 2 rings (SSSR count). The molecule has 0 atom stereocenters. The van der Waals surface area contributed by atoms with Crippen LogP contribution in [0.3, 0.4) is 0 Å². The average molecular weight is 275 g/mol. The number of anilines is 1. The largest absolute Gasteiger partial charge is 0.361 e. The van der Waals surface area contributed by atoms with E-state index in [0.717, 1.165) is 30.3 Å². The summed E-state index contributed by atoms with van der Waals surface area (Å²) in [5.74, 6) is 0. The van der Waals surface area contributed by atoms with Crippen molar-refractivity contribution in [3.05, 3.63) is 46.5 Å². The molecule has 4 heteroatoms. The molecule has 0 fully saturated rings. The number of hydrogen-bond donors (Lipinski definition) is 1. The van der Waals surface area contributed by atoms with Gasteiger partial charge in [0.1, 0.15) is 0 Å². The second kappa shape index (κ2) is 6.68. The fourth-order valence-electron chi connectivity index (χ4n) is 1.90. The minimum atomic E-state index is 0.929. The summed E-state index contributed by atoms with van der Waals surface area (Å²) < 4.78 is 0. The SMILES string of the molecule is Cc1nc(NCCc2ccccc2)sc1CN(C)C. The lowest BCUT2D eigenvalue weighted by Gasteiger charge is -2.06. The molecule has 1 aromatic heterocycles. The highest BCUT2D eigenvalue weighted by molar-refractivity contribution is 7.15. The van der Waals surface area contributed by atoms with E-state index in [1.54, 1.807) is 11.3 Å². The van der Waals surface area contributed by atoms with E-state index in [1.165, 1.54) is 10.4 Å². The van der Waals surface area contributed by atoms with Crippen LogP contribution in [0.5, 0.6) is 0 Å². The zero-order valence-electron chi connectivity index (χ0n) is 11.8. The van der Waals surface area contributed by atoms with Crippen molar-refractivity contribution in [1.82, 2.24) is 9.88 Å². The molecule has 0 aliphatic carbocycles. The van der Waals surface area contributed by atoms with Crippen molar-refractivity contribution in [2.45, 2.75) is 19.9 Å². The van der Waals surface area contributed by atoms with Crippen molar-refractivity contribution in [2.24, 2.45) is 0 Å². The Bertz CT molecular complexity index is 505. The highest BCUT2D eigenvalue weighted by atomic mass is 32.1. The van der Waals surface area contributed by atoms with Gasteiger partial charge in [0.05, 0.1) is 5.69 Å². The maximum absolute atomic E-state index is 4.58. The van der Waals surface area contributed by atoms with Gasteiger partial charge in [0.2, 0.25) is 0 Å². The predicted octanol–water partition coefficient (Wildman–Crippen LogP) is 3.17. The normalized spacial score (nSPS) is 10.9. The molecule has 0 aliphatic rings. The average Bonchev–Trinajstić information content (AvgIpc) is 2.70. The van der Waals surface area contributed by atoms with E-state index in [2.05, 4.69) is 66.6 Å². The molecule has 0 unspecified atom stereocenters. The molecule has 1 aromatic carbocycles. The van der Waals surface area contributed by atoms with Crippen molar-refractivity contribution in [3.63, 3.8) is 0 Å². The Hall–Kier alpha value is -1.39. The van der Waals surface area contributed by atoms with E-state index in [0.29, 0.717) is 0 Å². The van der Waals surface area contributed by atoms with Gasteiger partial charge in [-0.05, 0) is 33.0 Å². The topological polar surface area (TPSA) is 28.2 Å². The number of aryl methyl sites for hydroxylation is 1. The van der Waals surface area contributed by atoms with Crippen LogP contribution >= 0.6 is 11.3 Å². The number of benzene rings is 1. The zero-order valence-corrected chi connectivity index (χ0v) is 12.6. The Morgan fingerprint density at radius 2 is 1.95 bits per heavy atom. The predicted molar refractivity (Wildman–Crippen MR) is 82.9 cm³/mol. The standard InChI is InChI=1S/C15H21N3S/c1-12-14(11-18(2)3)19-15(17-12)16-10-9-13-7-5-4-6-8-13/h4-8H,9-11H2,1-3H3,(H,16,17). The smallest absolute Gasteiger partial charge is 0.183 e. The summed E-state index contributed by atoms with van der Waals surface area (Å²) in [6.45, 7) is 3.97. The lowest BCUT2D eigenvalue weighted by molar-refractivity contribution is 0.405. The van der Waals surface area contributed by atoms with E-state index < -0.39 is 0 Å². The fraction of sp³-hybridized carbons (Fsp3) is 0.400. The van der Waals surface area contributed by atoms with Crippen LogP contribution in [0.15, 0.2) is 30.3 Å². The molecule has 1 heterocycles. The Morgan fingerprint density at radius 1 is 1.21 bits per heavy atom. The molecule has 1 N–H and O–H groups in total. The molecule has 0 saturated carbocycles. The summed E-state index contributed by atoms with van der Waals surface area (Å²) >= 11 is 1.76. The molecule has 3 nitrogen and oxygen atoms in total. The van der Waals surface area contributed by atoms with Crippen molar-refractivity contribution in [3.8, 4) is 0 Å². The molecule has 0 bridgehead atoms.